The predicted molar refractivity (Wildman–Crippen MR) is 81.0 cm³/mol. The van der Waals surface area contributed by atoms with Crippen LogP contribution in [0.25, 0.3) is 0 Å². The zero-order valence-corrected chi connectivity index (χ0v) is 12.4. The Balaban J connectivity index is 2.14. The van der Waals surface area contributed by atoms with Crippen LogP contribution in [0.1, 0.15) is 0 Å². The summed E-state index contributed by atoms with van der Waals surface area (Å²) in [4.78, 5) is 15.6. The molecule has 3 rings (SSSR count). The van der Waals surface area contributed by atoms with Crippen molar-refractivity contribution in [2.24, 2.45) is 0 Å². The lowest BCUT2D eigenvalue weighted by atomic mass is 10.1. The third-order valence-corrected chi connectivity index (χ3v) is 3.87. The van der Waals surface area contributed by atoms with Crippen molar-refractivity contribution in [3.05, 3.63) is 52.8 Å². The molecule has 0 unspecified atom stereocenters. The molecule has 5 heteroatoms. The number of halogens is 2. The Bertz CT molecular complexity index is 689. The molecule has 1 aliphatic heterocycles. The van der Waals surface area contributed by atoms with E-state index in [2.05, 4.69) is 15.9 Å². The number of rotatable bonds is 1. The van der Waals surface area contributed by atoms with Gasteiger partial charge in [-0.15, -0.1) is 0 Å². The maximum Gasteiger partial charge on any atom is 0.246 e. The Morgan fingerprint density at radius 2 is 1.95 bits per heavy atom. The van der Waals surface area contributed by atoms with E-state index in [1.54, 1.807) is 24.1 Å². The van der Waals surface area contributed by atoms with Crippen LogP contribution >= 0.6 is 15.9 Å². The van der Waals surface area contributed by atoms with E-state index in [9.17, 15) is 9.18 Å². The summed E-state index contributed by atoms with van der Waals surface area (Å²) in [5, 5.41) is 0. The average molecular weight is 335 g/mol. The van der Waals surface area contributed by atoms with Crippen molar-refractivity contribution in [1.82, 2.24) is 0 Å². The predicted octanol–water partition coefficient (Wildman–Crippen LogP) is 3.70. The van der Waals surface area contributed by atoms with E-state index in [0.717, 1.165) is 15.8 Å². The van der Waals surface area contributed by atoms with Gasteiger partial charge < -0.3 is 9.80 Å². The molecule has 0 N–H and O–H groups in total. The smallest absolute Gasteiger partial charge is 0.246 e. The lowest BCUT2D eigenvalue weighted by Crippen LogP contribution is -2.41. The van der Waals surface area contributed by atoms with Gasteiger partial charge >= 0.3 is 0 Å². The van der Waals surface area contributed by atoms with E-state index in [0.29, 0.717) is 5.69 Å². The van der Waals surface area contributed by atoms with Crippen LogP contribution in [0.4, 0.5) is 21.5 Å². The van der Waals surface area contributed by atoms with Crippen molar-refractivity contribution < 1.29 is 9.18 Å². The Morgan fingerprint density at radius 3 is 2.70 bits per heavy atom. The third kappa shape index (κ3) is 2.18. The first kappa shape index (κ1) is 13.1. The number of likely N-dealkylation sites (N-methyl/N-ethyl adjacent to an activating group) is 1. The molecule has 0 saturated carbocycles. The first-order valence-corrected chi connectivity index (χ1v) is 6.95. The topological polar surface area (TPSA) is 23.6 Å². The zero-order chi connectivity index (χ0) is 14.3. The summed E-state index contributed by atoms with van der Waals surface area (Å²) in [6.45, 7) is 0.203. The van der Waals surface area contributed by atoms with Crippen LogP contribution in [0.3, 0.4) is 0 Å². The molecule has 1 amide bonds. The number of fused-ring (bicyclic) bond motifs is 1. The molecule has 102 valence electrons. The van der Waals surface area contributed by atoms with Gasteiger partial charge in [-0.2, -0.15) is 0 Å². The third-order valence-electron chi connectivity index (χ3n) is 3.38. The summed E-state index contributed by atoms with van der Waals surface area (Å²) in [6, 6.07) is 12.0. The summed E-state index contributed by atoms with van der Waals surface area (Å²) < 4.78 is 14.3. The van der Waals surface area contributed by atoms with E-state index in [1.807, 2.05) is 23.1 Å². The summed E-state index contributed by atoms with van der Waals surface area (Å²) in [7, 11) is 1.75. The molecule has 1 heterocycles. The fraction of sp³-hybridized carbons (Fsp3) is 0.133. The first-order valence-electron chi connectivity index (χ1n) is 6.15. The van der Waals surface area contributed by atoms with Crippen molar-refractivity contribution in [2.45, 2.75) is 0 Å². The molecule has 20 heavy (non-hydrogen) atoms. The van der Waals surface area contributed by atoms with Crippen molar-refractivity contribution >= 4 is 38.9 Å². The van der Waals surface area contributed by atoms with Gasteiger partial charge in [0, 0.05) is 17.2 Å². The van der Waals surface area contributed by atoms with Crippen molar-refractivity contribution in [3.8, 4) is 0 Å². The molecule has 0 aliphatic carbocycles. The molecule has 0 saturated heterocycles. The van der Waals surface area contributed by atoms with Crippen molar-refractivity contribution in [1.29, 1.82) is 0 Å². The largest absolute Gasteiger partial charge is 0.330 e. The minimum Gasteiger partial charge on any atom is -0.330 e. The van der Waals surface area contributed by atoms with E-state index in [4.69, 9.17) is 0 Å². The maximum absolute atomic E-state index is 13.4. The van der Waals surface area contributed by atoms with Crippen LogP contribution in [-0.2, 0) is 4.79 Å². The zero-order valence-electron chi connectivity index (χ0n) is 10.8. The fourth-order valence-electron chi connectivity index (χ4n) is 2.33. The molecule has 0 aromatic heterocycles. The SMILES string of the molecule is CN1C(=O)CN(c2cccc(F)c2)c2ccc(Br)cc21. The Hall–Kier alpha value is -1.88. The lowest BCUT2D eigenvalue weighted by Gasteiger charge is -2.35. The molecule has 0 bridgehead atoms. The number of hydrogen-bond donors (Lipinski definition) is 0. The molecule has 0 spiro atoms. The van der Waals surface area contributed by atoms with Gasteiger partial charge in [0.25, 0.3) is 0 Å². The number of hydrogen-bond acceptors (Lipinski definition) is 2. The highest BCUT2D eigenvalue weighted by Gasteiger charge is 2.27. The van der Waals surface area contributed by atoms with Crippen LogP contribution in [0.5, 0.6) is 0 Å². The van der Waals surface area contributed by atoms with Gasteiger partial charge in [0.1, 0.15) is 12.4 Å². The average Bonchev–Trinajstić information content (AvgIpc) is 2.43. The summed E-state index contributed by atoms with van der Waals surface area (Å²) >= 11 is 3.41. The van der Waals surface area contributed by atoms with Gasteiger partial charge in [-0.25, -0.2) is 4.39 Å². The molecule has 0 fully saturated rings. The van der Waals surface area contributed by atoms with Gasteiger partial charge in [0.15, 0.2) is 0 Å². The molecule has 2 aromatic rings. The van der Waals surface area contributed by atoms with Crippen LogP contribution < -0.4 is 9.80 Å². The van der Waals surface area contributed by atoms with Gasteiger partial charge in [0.05, 0.1) is 11.4 Å². The molecule has 1 aliphatic rings. The number of amides is 1. The molecular weight excluding hydrogens is 323 g/mol. The summed E-state index contributed by atoms with van der Waals surface area (Å²) in [5.41, 5.74) is 2.37. The van der Waals surface area contributed by atoms with Crippen molar-refractivity contribution in [2.75, 3.05) is 23.4 Å². The van der Waals surface area contributed by atoms with Gasteiger partial charge in [-0.3, -0.25) is 4.79 Å². The number of nitrogens with zero attached hydrogens (tertiary/aromatic N) is 2. The quantitative estimate of drug-likeness (QED) is 0.793. The van der Waals surface area contributed by atoms with E-state index in [1.165, 1.54) is 12.1 Å². The molecule has 3 nitrogen and oxygen atoms in total. The first-order chi connectivity index (χ1) is 9.56. The molecule has 2 aromatic carbocycles. The molecule has 0 atom stereocenters. The van der Waals surface area contributed by atoms with E-state index < -0.39 is 0 Å². The Labute approximate surface area is 124 Å². The normalized spacial score (nSPS) is 14.4. The minimum atomic E-state index is -0.312. The minimum absolute atomic E-state index is 0.0279. The highest BCUT2D eigenvalue weighted by molar-refractivity contribution is 9.10. The second-order valence-electron chi connectivity index (χ2n) is 4.65. The number of benzene rings is 2. The molecule has 0 radical (unpaired) electrons. The monoisotopic (exact) mass is 334 g/mol. The second-order valence-corrected chi connectivity index (χ2v) is 5.57. The van der Waals surface area contributed by atoms with Crippen LogP contribution in [0.2, 0.25) is 0 Å². The second kappa shape index (κ2) is 4.90. The van der Waals surface area contributed by atoms with Gasteiger partial charge in [-0.1, -0.05) is 22.0 Å². The molecular formula is C15H12BrFN2O. The number of carbonyl (C=O) groups is 1. The summed E-state index contributed by atoms with van der Waals surface area (Å²) in [5.74, 6) is -0.340. The standard InChI is InChI=1S/C15H12BrFN2O/c1-18-14-7-10(16)5-6-13(14)19(9-15(18)20)12-4-2-3-11(17)8-12/h2-8H,9H2,1H3. The van der Waals surface area contributed by atoms with Gasteiger partial charge in [0.2, 0.25) is 5.91 Å². The van der Waals surface area contributed by atoms with Gasteiger partial charge in [-0.05, 0) is 36.4 Å². The van der Waals surface area contributed by atoms with E-state index >= 15 is 0 Å². The number of anilines is 3. The number of carbonyl (C=O) groups excluding carboxylic acids is 1. The summed E-state index contributed by atoms with van der Waals surface area (Å²) in [6.07, 6.45) is 0. The Kier molecular flexibility index (Phi) is 3.22. The fourth-order valence-corrected chi connectivity index (χ4v) is 2.68. The highest BCUT2D eigenvalue weighted by atomic mass is 79.9. The van der Waals surface area contributed by atoms with E-state index in [-0.39, 0.29) is 18.3 Å². The van der Waals surface area contributed by atoms with Crippen LogP contribution in [-0.4, -0.2) is 19.5 Å². The highest BCUT2D eigenvalue weighted by Crippen LogP contribution is 2.39. The lowest BCUT2D eigenvalue weighted by molar-refractivity contribution is -0.117. The Morgan fingerprint density at radius 1 is 1.15 bits per heavy atom. The van der Waals surface area contributed by atoms with Crippen LogP contribution in [0, 0.1) is 5.82 Å². The van der Waals surface area contributed by atoms with Crippen LogP contribution in [0.15, 0.2) is 46.9 Å². The maximum atomic E-state index is 13.4. The van der Waals surface area contributed by atoms with Crippen molar-refractivity contribution in [3.63, 3.8) is 0 Å².